The van der Waals surface area contributed by atoms with Crippen molar-refractivity contribution < 1.29 is 18.0 Å². The molecule has 9 heteroatoms. The molecular formula is C25H19F3N4O2. The maximum atomic E-state index is 13.6. The van der Waals surface area contributed by atoms with Crippen molar-refractivity contribution in [2.24, 2.45) is 0 Å². The molecule has 0 aliphatic carbocycles. The highest BCUT2D eigenvalue weighted by molar-refractivity contribution is 5.92. The van der Waals surface area contributed by atoms with Gasteiger partial charge in [0.2, 0.25) is 5.43 Å². The van der Waals surface area contributed by atoms with Gasteiger partial charge in [-0.2, -0.15) is 18.3 Å². The van der Waals surface area contributed by atoms with Gasteiger partial charge >= 0.3 is 6.18 Å². The molecule has 1 amide bonds. The number of amides is 1. The number of rotatable bonds is 5. The summed E-state index contributed by atoms with van der Waals surface area (Å²) in [6.45, 7) is 1.45. The first-order valence-corrected chi connectivity index (χ1v) is 10.3. The van der Waals surface area contributed by atoms with Gasteiger partial charge in [-0.1, -0.05) is 48.5 Å². The number of aryl methyl sites for hydroxylation is 1. The average molecular weight is 464 g/mol. The third-order valence-corrected chi connectivity index (χ3v) is 5.15. The Morgan fingerprint density at radius 3 is 2.32 bits per heavy atom. The van der Waals surface area contributed by atoms with Crippen LogP contribution in [0.1, 0.15) is 39.0 Å². The second-order valence-corrected chi connectivity index (χ2v) is 7.50. The smallest absolute Gasteiger partial charge is 0.338 e. The van der Waals surface area contributed by atoms with E-state index < -0.39 is 34.8 Å². The molecule has 1 N–H and O–H groups in total. The molecule has 1 atom stereocenters. The number of carbonyl (C=O) groups is 1. The summed E-state index contributed by atoms with van der Waals surface area (Å²) in [5.41, 5.74) is -1.06. The number of benzene rings is 2. The van der Waals surface area contributed by atoms with E-state index in [9.17, 15) is 22.8 Å². The Bertz CT molecular complexity index is 1330. The number of halogens is 3. The van der Waals surface area contributed by atoms with Crippen LogP contribution in [0.3, 0.4) is 0 Å². The van der Waals surface area contributed by atoms with Gasteiger partial charge in [-0.3, -0.25) is 14.6 Å². The van der Waals surface area contributed by atoms with Crippen LogP contribution in [0, 0.1) is 6.92 Å². The number of hydrogen-bond donors (Lipinski definition) is 1. The molecule has 4 rings (SSSR count). The summed E-state index contributed by atoms with van der Waals surface area (Å²) in [4.78, 5) is 30.1. The van der Waals surface area contributed by atoms with Crippen molar-refractivity contribution in [1.82, 2.24) is 20.1 Å². The Morgan fingerprint density at radius 1 is 0.971 bits per heavy atom. The fourth-order valence-electron chi connectivity index (χ4n) is 3.57. The van der Waals surface area contributed by atoms with Gasteiger partial charge < -0.3 is 5.32 Å². The fraction of sp³-hybridized carbons (Fsp3) is 0.120. The molecule has 0 aliphatic rings. The molecule has 0 aliphatic heterocycles. The van der Waals surface area contributed by atoms with Gasteiger partial charge in [-0.05, 0) is 36.8 Å². The van der Waals surface area contributed by atoms with E-state index in [-0.39, 0.29) is 11.4 Å². The molecule has 2 aromatic heterocycles. The first-order chi connectivity index (χ1) is 16.3. The van der Waals surface area contributed by atoms with E-state index in [1.807, 2.05) is 6.07 Å². The zero-order chi connectivity index (χ0) is 24.3. The largest absolute Gasteiger partial charge is 0.418 e. The van der Waals surface area contributed by atoms with Crippen LogP contribution in [0.25, 0.3) is 5.69 Å². The van der Waals surface area contributed by atoms with Crippen molar-refractivity contribution in [2.45, 2.75) is 19.1 Å². The molecule has 34 heavy (non-hydrogen) atoms. The first kappa shape index (κ1) is 22.9. The monoisotopic (exact) mass is 464 g/mol. The number of aromatic nitrogens is 3. The molecule has 0 spiro atoms. The standard InChI is InChI=1S/C25H19F3N4O2/c1-16-15-21(33)23(31-32(16)20-13-6-5-11-18(20)25(26,27)28)24(34)30-22(17-9-3-2-4-10-17)19-12-7-8-14-29-19/h2-15,22H,1H3,(H,30,34). The van der Waals surface area contributed by atoms with Crippen molar-refractivity contribution in [1.29, 1.82) is 0 Å². The van der Waals surface area contributed by atoms with Crippen molar-refractivity contribution >= 4 is 5.91 Å². The SMILES string of the molecule is Cc1cc(=O)c(C(=O)NC(c2ccccc2)c2ccccn2)nn1-c1ccccc1C(F)(F)F. The Balaban J connectivity index is 1.77. The molecule has 2 aromatic carbocycles. The minimum absolute atomic E-state index is 0.155. The maximum absolute atomic E-state index is 13.6. The zero-order valence-corrected chi connectivity index (χ0v) is 18.0. The molecule has 0 bridgehead atoms. The molecular weight excluding hydrogens is 445 g/mol. The van der Waals surface area contributed by atoms with Crippen molar-refractivity contribution in [3.05, 3.63) is 123 Å². The van der Waals surface area contributed by atoms with Crippen LogP contribution in [0.4, 0.5) is 13.2 Å². The Morgan fingerprint density at radius 2 is 1.65 bits per heavy atom. The highest BCUT2D eigenvalue weighted by Gasteiger charge is 2.34. The van der Waals surface area contributed by atoms with Gasteiger partial charge in [-0.25, -0.2) is 4.68 Å². The molecule has 1 unspecified atom stereocenters. The third-order valence-electron chi connectivity index (χ3n) is 5.15. The van der Waals surface area contributed by atoms with Crippen LogP contribution < -0.4 is 10.7 Å². The van der Waals surface area contributed by atoms with Crippen molar-refractivity contribution in [3.8, 4) is 5.69 Å². The second-order valence-electron chi connectivity index (χ2n) is 7.50. The molecule has 4 aromatic rings. The van der Waals surface area contributed by atoms with Gasteiger partial charge in [0.1, 0.15) is 0 Å². The van der Waals surface area contributed by atoms with E-state index in [1.54, 1.807) is 48.7 Å². The lowest BCUT2D eigenvalue weighted by Crippen LogP contribution is -2.35. The van der Waals surface area contributed by atoms with Gasteiger partial charge in [-0.15, -0.1) is 0 Å². The predicted octanol–water partition coefficient (Wildman–Crippen LogP) is 4.47. The number of nitrogens with zero attached hydrogens (tertiary/aromatic N) is 3. The number of nitrogens with one attached hydrogen (secondary N) is 1. The van der Waals surface area contributed by atoms with E-state index in [4.69, 9.17) is 0 Å². The molecule has 0 saturated heterocycles. The summed E-state index contributed by atoms with van der Waals surface area (Å²) in [5.74, 6) is -0.831. The highest BCUT2D eigenvalue weighted by Crippen LogP contribution is 2.33. The zero-order valence-electron chi connectivity index (χ0n) is 18.0. The lowest BCUT2D eigenvalue weighted by molar-refractivity contribution is -0.137. The minimum atomic E-state index is -4.65. The van der Waals surface area contributed by atoms with Crippen molar-refractivity contribution in [3.63, 3.8) is 0 Å². The average Bonchev–Trinajstić information content (AvgIpc) is 2.83. The minimum Gasteiger partial charge on any atom is -0.338 e. The number of pyridine rings is 1. The van der Waals surface area contributed by atoms with Crippen molar-refractivity contribution in [2.75, 3.05) is 0 Å². The van der Waals surface area contributed by atoms with E-state index in [2.05, 4.69) is 15.4 Å². The van der Waals surface area contributed by atoms with Crippen LogP contribution in [-0.4, -0.2) is 20.7 Å². The summed E-state index contributed by atoms with van der Waals surface area (Å²) >= 11 is 0. The highest BCUT2D eigenvalue weighted by atomic mass is 19.4. The predicted molar refractivity (Wildman–Crippen MR) is 120 cm³/mol. The lowest BCUT2D eigenvalue weighted by atomic mass is 10.0. The molecule has 0 radical (unpaired) electrons. The quantitative estimate of drug-likeness (QED) is 0.473. The Hall–Kier alpha value is -4.27. The van der Waals surface area contributed by atoms with Crippen LogP contribution in [-0.2, 0) is 6.18 Å². The van der Waals surface area contributed by atoms with E-state index >= 15 is 0 Å². The summed E-state index contributed by atoms with van der Waals surface area (Å²) in [5, 5.41) is 6.78. The Labute approximate surface area is 192 Å². The summed E-state index contributed by atoms with van der Waals surface area (Å²) < 4.78 is 41.6. The number of hydrogen-bond acceptors (Lipinski definition) is 4. The summed E-state index contributed by atoms with van der Waals surface area (Å²) in [7, 11) is 0. The van der Waals surface area contributed by atoms with Gasteiger partial charge in [0, 0.05) is 18.0 Å². The normalized spacial score (nSPS) is 12.2. The van der Waals surface area contributed by atoms with Crippen LogP contribution >= 0.6 is 0 Å². The topological polar surface area (TPSA) is 76.9 Å². The van der Waals surface area contributed by atoms with E-state index in [0.717, 1.165) is 16.8 Å². The molecule has 0 saturated carbocycles. The summed E-state index contributed by atoms with van der Waals surface area (Å²) in [6, 6.07) is 19.4. The Kier molecular flexibility index (Phi) is 6.27. The molecule has 0 fully saturated rings. The van der Waals surface area contributed by atoms with E-state index in [0.29, 0.717) is 11.3 Å². The fourth-order valence-corrected chi connectivity index (χ4v) is 3.57. The van der Waals surface area contributed by atoms with Crippen LogP contribution in [0.15, 0.2) is 89.9 Å². The number of carbonyl (C=O) groups excluding carboxylic acids is 1. The molecule has 6 nitrogen and oxygen atoms in total. The van der Waals surface area contributed by atoms with Gasteiger partial charge in [0.15, 0.2) is 5.69 Å². The third kappa shape index (κ3) is 4.73. The van der Waals surface area contributed by atoms with Gasteiger partial charge in [0.25, 0.3) is 5.91 Å². The van der Waals surface area contributed by atoms with Crippen LogP contribution in [0.2, 0.25) is 0 Å². The summed E-state index contributed by atoms with van der Waals surface area (Å²) in [6.07, 6.45) is -3.07. The van der Waals surface area contributed by atoms with E-state index in [1.165, 1.54) is 25.1 Å². The number of para-hydroxylation sites is 1. The first-order valence-electron chi connectivity index (χ1n) is 10.3. The van der Waals surface area contributed by atoms with Crippen LogP contribution in [0.5, 0.6) is 0 Å². The molecule has 172 valence electrons. The lowest BCUT2D eigenvalue weighted by Gasteiger charge is -2.20. The second kappa shape index (κ2) is 9.30. The van der Waals surface area contributed by atoms with Gasteiger partial charge in [0.05, 0.1) is 23.0 Å². The molecule has 2 heterocycles. The number of alkyl halides is 3. The maximum Gasteiger partial charge on any atom is 0.418 e.